The molecule has 0 atom stereocenters. The van der Waals surface area contributed by atoms with E-state index in [2.05, 4.69) is 14.9 Å². The summed E-state index contributed by atoms with van der Waals surface area (Å²) >= 11 is 0. The number of nitrogens with zero attached hydrogens (tertiary/aromatic N) is 1. The van der Waals surface area contributed by atoms with Gasteiger partial charge in [0.15, 0.2) is 0 Å². The average molecular weight is 252 g/mol. The van der Waals surface area contributed by atoms with E-state index in [1.54, 1.807) is 0 Å². The number of aromatic amines is 1. The molecule has 0 radical (unpaired) electrons. The molecule has 2 aromatic rings. The first kappa shape index (κ1) is 11.6. The van der Waals surface area contributed by atoms with Gasteiger partial charge in [0, 0.05) is 6.54 Å². The fraction of sp³-hybridized carbons (Fsp3) is 0.100. The summed E-state index contributed by atoms with van der Waals surface area (Å²) in [7, 11) is -3.61. The molecule has 1 aromatic heterocycles. The molecule has 90 valence electrons. The molecular formula is C10H12N4O2S. The van der Waals surface area contributed by atoms with Crippen LogP contribution in [0.25, 0.3) is 0 Å². The smallest absolute Gasteiger partial charge is 0.246 e. The number of benzene rings is 1. The zero-order chi connectivity index (χ0) is 12.3. The summed E-state index contributed by atoms with van der Waals surface area (Å²) in [6.45, 7) is 0.216. The van der Waals surface area contributed by atoms with Crippen LogP contribution in [0.2, 0.25) is 0 Å². The first-order valence-corrected chi connectivity index (χ1v) is 6.40. The van der Waals surface area contributed by atoms with Crippen LogP contribution < -0.4 is 10.5 Å². The maximum Gasteiger partial charge on any atom is 0.246 e. The summed E-state index contributed by atoms with van der Waals surface area (Å²) in [6, 6.07) is 9.22. The van der Waals surface area contributed by atoms with Crippen molar-refractivity contribution in [2.75, 3.05) is 5.73 Å². The minimum atomic E-state index is -3.61. The second kappa shape index (κ2) is 4.56. The zero-order valence-corrected chi connectivity index (χ0v) is 9.74. The number of H-pyrrole nitrogens is 1. The van der Waals surface area contributed by atoms with E-state index in [1.807, 2.05) is 30.3 Å². The first-order chi connectivity index (χ1) is 8.09. The molecule has 6 nitrogen and oxygen atoms in total. The third-order valence-electron chi connectivity index (χ3n) is 2.23. The molecule has 1 heterocycles. The van der Waals surface area contributed by atoms with E-state index in [4.69, 9.17) is 5.73 Å². The summed E-state index contributed by atoms with van der Waals surface area (Å²) in [5.41, 5.74) is 6.33. The van der Waals surface area contributed by atoms with Gasteiger partial charge in [0.2, 0.25) is 10.0 Å². The maximum atomic E-state index is 11.8. The van der Waals surface area contributed by atoms with Gasteiger partial charge in [-0.2, -0.15) is 5.10 Å². The molecule has 2 rings (SSSR count). The minimum Gasteiger partial charge on any atom is -0.383 e. The van der Waals surface area contributed by atoms with Crippen molar-refractivity contribution in [3.63, 3.8) is 0 Å². The molecule has 0 aliphatic heterocycles. The summed E-state index contributed by atoms with van der Waals surface area (Å²) < 4.78 is 26.1. The molecule has 0 aliphatic carbocycles. The van der Waals surface area contributed by atoms with Crippen LogP contribution >= 0.6 is 0 Å². The van der Waals surface area contributed by atoms with Crippen molar-refractivity contribution < 1.29 is 8.42 Å². The standard InChI is InChI=1S/C10H12N4O2S/c11-10-9(7-12-14-10)17(15,16)13-6-8-4-2-1-3-5-8/h1-5,7,13H,6H2,(H3,11,12,14). The summed E-state index contributed by atoms with van der Waals surface area (Å²) in [5, 5.41) is 5.96. The molecule has 0 spiro atoms. The van der Waals surface area contributed by atoms with Crippen molar-refractivity contribution in [3.05, 3.63) is 42.1 Å². The maximum absolute atomic E-state index is 11.8. The Morgan fingerprint density at radius 2 is 2.00 bits per heavy atom. The lowest BCUT2D eigenvalue weighted by Gasteiger charge is -2.05. The van der Waals surface area contributed by atoms with Crippen molar-refractivity contribution in [2.24, 2.45) is 0 Å². The number of nitrogen functional groups attached to an aromatic ring is 1. The van der Waals surface area contributed by atoms with Crippen LogP contribution in [0.3, 0.4) is 0 Å². The van der Waals surface area contributed by atoms with Gasteiger partial charge >= 0.3 is 0 Å². The van der Waals surface area contributed by atoms with Gasteiger partial charge in [-0.15, -0.1) is 0 Å². The molecule has 1 aromatic carbocycles. The zero-order valence-electron chi connectivity index (χ0n) is 8.92. The van der Waals surface area contributed by atoms with Crippen LogP contribution in [-0.2, 0) is 16.6 Å². The topological polar surface area (TPSA) is 101 Å². The van der Waals surface area contributed by atoms with Gasteiger partial charge < -0.3 is 5.73 Å². The van der Waals surface area contributed by atoms with Crippen LogP contribution in [0, 0.1) is 0 Å². The van der Waals surface area contributed by atoms with E-state index >= 15 is 0 Å². The van der Waals surface area contributed by atoms with Crippen molar-refractivity contribution in [2.45, 2.75) is 11.4 Å². The summed E-state index contributed by atoms with van der Waals surface area (Å²) in [5.74, 6) is 0.0329. The number of aromatic nitrogens is 2. The van der Waals surface area contributed by atoms with Gasteiger partial charge in [-0.25, -0.2) is 13.1 Å². The number of hydrogen-bond acceptors (Lipinski definition) is 4. The predicted molar refractivity (Wildman–Crippen MR) is 63.5 cm³/mol. The van der Waals surface area contributed by atoms with Gasteiger partial charge in [0.1, 0.15) is 10.7 Å². The third-order valence-corrected chi connectivity index (χ3v) is 3.66. The highest BCUT2D eigenvalue weighted by Gasteiger charge is 2.18. The molecule has 0 saturated heterocycles. The highest BCUT2D eigenvalue weighted by Crippen LogP contribution is 2.14. The van der Waals surface area contributed by atoms with Crippen LogP contribution in [0.4, 0.5) is 5.82 Å². The Kier molecular flexibility index (Phi) is 3.12. The van der Waals surface area contributed by atoms with Gasteiger partial charge in [-0.3, -0.25) is 5.10 Å². The minimum absolute atomic E-state index is 0.0329. The number of rotatable bonds is 4. The van der Waals surface area contributed by atoms with Crippen molar-refractivity contribution in [1.29, 1.82) is 0 Å². The van der Waals surface area contributed by atoms with Gasteiger partial charge in [-0.1, -0.05) is 30.3 Å². The Hall–Kier alpha value is -1.86. The lowest BCUT2D eigenvalue weighted by molar-refractivity contribution is 0.582. The van der Waals surface area contributed by atoms with E-state index < -0.39 is 10.0 Å². The molecule has 0 fully saturated rings. The van der Waals surface area contributed by atoms with Crippen LogP contribution in [0.1, 0.15) is 5.56 Å². The van der Waals surface area contributed by atoms with Gasteiger partial charge in [0.05, 0.1) is 6.20 Å². The van der Waals surface area contributed by atoms with Crippen LogP contribution in [0.5, 0.6) is 0 Å². The number of anilines is 1. The van der Waals surface area contributed by atoms with E-state index in [9.17, 15) is 8.42 Å². The van der Waals surface area contributed by atoms with E-state index in [-0.39, 0.29) is 17.3 Å². The second-order valence-corrected chi connectivity index (χ2v) is 5.19. The molecule has 0 amide bonds. The molecule has 0 saturated carbocycles. The summed E-state index contributed by atoms with van der Waals surface area (Å²) in [6.07, 6.45) is 1.18. The molecule has 17 heavy (non-hydrogen) atoms. The molecule has 0 bridgehead atoms. The Morgan fingerprint density at radius 1 is 1.29 bits per heavy atom. The van der Waals surface area contributed by atoms with Crippen LogP contribution in [-0.4, -0.2) is 18.6 Å². The Bertz CT molecular complexity index is 592. The van der Waals surface area contributed by atoms with Gasteiger partial charge in [-0.05, 0) is 5.56 Å². The van der Waals surface area contributed by atoms with E-state index in [0.29, 0.717) is 0 Å². The molecular weight excluding hydrogens is 240 g/mol. The summed E-state index contributed by atoms with van der Waals surface area (Å²) in [4.78, 5) is -0.0339. The lowest BCUT2D eigenvalue weighted by Crippen LogP contribution is -2.23. The fourth-order valence-electron chi connectivity index (χ4n) is 1.35. The second-order valence-electron chi connectivity index (χ2n) is 3.46. The predicted octanol–water partition coefficient (Wildman–Crippen LogP) is 0.470. The Balaban J connectivity index is 2.12. The number of nitrogens with two attached hydrogens (primary N) is 1. The highest BCUT2D eigenvalue weighted by atomic mass is 32.2. The number of nitrogens with one attached hydrogen (secondary N) is 2. The van der Waals surface area contributed by atoms with Crippen molar-refractivity contribution in [1.82, 2.24) is 14.9 Å². The largest absolute Gasteiger partial charge is 0.383 e. The molecule has 0 unspecified atom stereocenters. The first-order valence-electron chi connectivity index (χ1n) is 4.92. The highest BCUT2D eigenvalue weighted by molar-refractivity contribution is 7.89. The Labute approximate surface area is 98.9 Å². The molecule has 7 heteroatoms. The van der Waals surface area contributed by atoms with E-state index in [1.165, 1.54) is 6.20 Å². The van der Waals surface area contributed by atoms with Crippen molar-refractivity contribution >= 4 is 15.8 Å². The van der Waals surface area contributed by atoms with Crippen LogP contribution in [0.15, 0.2) is 41.4 Å². The molecule has 0 aliphatic rings. The van der Waals surface area contributed by atoms with Crippen molar-refractivity contribution in [3.8, 4) is 0 Å². The number of sulfonamides is 1. The molecule has 4 N–H and O–H groups in total. The van der Waals surface area contributed by atoms with E-state index in [0.717, 1.165) is 5.56 Å². The number of hydrogen-bond donors (Lipinski definition) is 3. The average Bonchev–Trinajstić information content (AvgIpc) is 2.75. The lowest BCUT2D eigenvalue weighted by atomic mass is 10.2. The van der Waals surface area contributed by atoms with Gasteiger partial charge in [0.25, 0.3) is 0 Å². The monoisotopic (exact) mass is 252 g/mol. The normalized spacial score (nSPS) is 11.5. The third kappa shape index (κ3) is 2.63. The quantitative estimate of drug-likeness (QED) is 0.736. The fourth-order valence-corrected chi connectivity index (χ4v) is 2.39. The SMILES string of the molecule is Nc1[nH]ncc1S(=O)(=O)NCc1ccccc1. The Morgan fingerprint density at radius 3 is 2.59 bits per heavy atom.